The molecule has 0 atom stereocenters. The lowest BCUT2D eigenvalue weighted by Crippen LogP contribution is -2.43. The first-order valence-electron chi connectivity index (χ1n) is 12.9. The minimum atomic E-state index is -0.240. The molecule has 0 spiro atoms. The van der Waals surface area contributed by atoms with Gasteiger partial charge >= 0.3 is 0 Å². The number of hydrogen-bond acceptors (Lipinski definition) is 5. The van der Waals surface area contributed by atoms with Crippen molar-refractivity contribution < 1.29 is 9.13 Å². The number of nitrogens with one attached hydrogen (secondary N) is 2. The summed E-state index contributed by atoms with van der Waals surface area (Å²) in [6.45, 7) is 8.51. The second-order valence-corrected chi connectivity index (χ2v) is 9.78. The lowest BCUT2D eigenvalue weighted by atomic mass is 10.00. The Hall–Kier alpha value is -3.88. The first-order chi connectivity index (χ1) is 18.5. The van der Waals surface area contributed by atoms with E-state index in [1.807, 2.05) is 30.1 Å². The van der Waals surface area contributed by atoms with E-state index in [0.29, 0.717) is 6.54 Å². The van der Waals surface area contributed by atoms with Crippen molar-refractivity contribution in [2.24, 2.45) is 0 Å². The van der Waals surface area contributed by atoms with Crippen LogP contribution in [-0.4, -0.2) is 53.0 Å². The van der Waals surface area contributed by atoms with Gasteiger partial charge in [-0.25, -0.2) is 9.37 Å². The molecule has 2 N–H and O–H groups in total. The van der Waals surface area contributed by atoms with Gasteiger partial charge < -0.3 is 19.9 Å². The van der Waals surface area contributed by atoms with E-state index in [0.717, 1.165) is 82.2 Å². The van der Waals surface area contributed by atoms with Crippen LogP contribution in [0, 0.1) is 19.7 Å². The number of hydrogen-bond donors (Lipinski definition) is 2. The predicted octanol–water partition coefficient (Wildman–Crippen LogP) is 5.74. The molecule has 7 nitrogen and oxygen atoms in total. The third kappa shape index (κ3) is 5.10. The summed E-state index contributed by atoms with van der Waals surface area (Å²) in [5, 5.41) is 9.21. The van der Waals surface area contributed by atoms with Crippen LogP contribution in [0.5, 0.6) is 5.75 Å². The zero-order chi connectivity index (χ0) is 26.2. The van der Waals surface area contributed by atoms with Gasteiger partial charge in [-0.05, 0) is 49.7 Å². The third-order valence-electron chi connectivity index (χ3n) is 7.38. The van der Waals surface area contributed by atoms with Crippen molar-refractivity contribution >= 4 is 29.1 Å². The highest BCUT2D eigenvalue weighted by molar-refractivity contribution is 5.97. The number of H-pyrrole nitrogens is 1. The number of methoxy groups -OCH3 is 1. The van der Waals surface area contributed by atoms with Crippen LogP contribution in [0.4, 0.5) is 10.1 Å². The van der Waals surface area contributed by atoms with Crippen LogP contribution in [-0.2, 0) is 6.54 Å². The number of aryl methyl sites for hydroxylation is 1. The normalized spacial score (nSPS) is 13.5. The fourth-order valence-electron chi connectivity index (χ4n) is 5.44. The largest absolute Gasteiger partial charge is 0.496 e. The smallest absolute Gasteiger partial charge is 0.137 e. The summed E-state index contributed by atoms with van der Waals surface area (Å²) < 4.78 is 21.5. The minimum absolute atomic E-state index is 0. The summed E-state index contributed by atoms with van der Waals surface area (Å²) in [6, 6.07) is 15.2. The van der Waals surface area contributed by atoms with Gasteiger partial charge in [-0.15, -0.1) is 12.4 Å². The third-order valence-corrected chi connectivity index (χ3v) is 7.38. The average Bonchev–Trinajstić information content (AvgIpc) is 3.47. The number of nitrogens with zero attached hydrogens (tertiary/aromatic N) is 4. The number of ether oxygens (including phenoxy) is 1. The molecule has 9 heteroatoms. The van der Waals surface area contributed by atoms with Crippen molar-refractivity contribution in [1.29, 1.82) is 0 Å². The Bertz CT molecular complexity index is 1620. The number of halogens is 2. The van der Waals surface area contributed by atoms with E-state index in [-0.39, 0.29) is 18.2 Å². The van der Waals surface area contributed by atoms with E-state index >= 15 is 0 Å². The Kier molecular flexibility index (Phi) is 7.59. The summed E-state index contributed by atoms with van der Waals surface area (Å²) >= 11 is 0. The highest BCUT2D eigenvalue weighted by Crippen LogP contribution is 2.38. The second-order valence-electron chi connectivity index (χ2n) is 9.78. The van der Waals surface area contributed by atoms with Crippen LogP contribution < -0.4 is 15.0 Å². The fourth-order valence-corrected chi connectivity index (χ4v) is 5.44. The van der Waals surface area contributed by atoms with E-state index in [4.69, 9.17) is 14.8 Å². The zero-order valence-electron chi connectivity index (χ0n) is 22.3. The highest BCUT2D eigenvalue weighted by atomic mass is 35.5. The number of fused-ring (bicyclic) bond motifs is 1. The van der Waals surface area contributed by atoms with E-state index in [1.54, 1.807) is 19.2 Å². The van der Waals surface area contributed by atoms with Crippen molar-refractivity contribution in [3.63, 3.8) is 0 Å². The number of aromatic nitrogens is 4. The zero-order valence-corrected chi connectivity index (χ0v) is 23.1. The van der Waals surface area contributed by atoms with Crippen LogP contribution in [0.2, 0.25) is 0 Å². The molecule has 2 aromatic carbocycles. The van der Waals surface area contributed by atoms with Crippen molar-refractivity contribution in [3.05, 3.63) is 83.7 Å². The van der Waals surface area contributed by atoms with E-state index in [2.05, 4.69) is 46.4 Å². The molecule has 0 aliphatic carbocycles. The SMILES string of the molecule is COc1cc(N2CCNCC2)ccc1-c1cnc2[nH]cc(-c3c(C)nn(Cc4cccc(F)c4)c3C)c2c1.Cl. The fraction of sp³-hybridized carbons (Fsp3) is 0.267. The van der Waals surface area contributed by atoms with Crippen LogP contribution in [0.25, 0.3) is 33.3 Å². The number of aromatic amines is 1. The molecule has 0 bridgehead atoms. The Balaban J connectivity index is 0.00000308. The number of piperazine rings is 1. The maximum atomic E-state index is 13.7. The standard InChI is InChI=1S/C30H31FN6O.ClH/c1-19-29(20(2)37(35-19)18-21-5-4-6-23(31)13-21)27-17-34-30-26(27)14-22(16-33-30)25-8-7-24(15-28(25)38-3)36-11-9-32-10-12-36;/h4-8,13-17,32H,9-12,18H2,1-3H3,(H,33,34);1H. The van der Waals surface area contributed by atoms with Crippen LogP contribution >= 0.6 is 12.4 Å². The molecule has 1 aliphatic heterocycles. The Morgan fingerprint density at radius 1 is 1.03 bits per heavy atom. The molecule has 0 radical (unpaired) electrons. The summed E-state index contributed by atoms with van der Waals surface area (Å²) in [5.74, 6) is 0.588. The maximum Gasteiger partial charge on any atom is 0.137 e. The molecule has 202 valence electrons. The average molecular weight is 547 g/mol. The molecule has 4 heterocycles. The number of pyridine rings is 1. The van der Waals surface area contributed by atoms with Crippen molar-refractivity contribution in [3.8, 4) is 28.0 Å². The van der Waals surface area contributed by atoms with Crippen molar-refractivity contribution in [1.82, 2.24) is 25.1 Å². The minimum Gasteiger partial charge on any atom is -0.496 e. The molecular weight excluding hydrogens is 515 g/mol. The van der Waals surface area contributed by atoms with Gasteiger partial charge in [-0.2, -0.15) is 5.10 Å². The second kappa shape index (κ2) is 11.1. The van der Waals surface area contributed by atoms with E-state index < -0.39 is 0 Å². The first-order valence-corrected chi connectivity index (χ1v) is 12.9. The van der Waals surface area contributed by atoms with Crippen LogP contribution in [0.1, 0.15) is 17.0 Å². The Morgan fingerprint density at radius 3 is 2.62 bits per heavy atom. The molecule has 0 amide bonds. The van der Waals surface area contributed by atoms with Crippen LogP contribution in [0.3, 0.4) is 0 Å². The predicted molar refractivity (Wildman–Crippen MR) is 157 cm³/mol. The maximum absolute atomic E-state index is 13.7. The van der Waals surface area contributed by atoms with Gasteiger partial charge in [0, 0.05) is 83.7 Å². The highest BCUT2D eigenvalue weighted by Gasteiger charge is 2.19. The topological polar surface area (TPSA) is 71.0 Å². The van der Waals surface area contributed by atoms with E-state index in [1.165, 1.54) is 11.8 Å². The lowest BCUT2D eigenvalue weighted by molar-refractivity contribution is 0.416. The Morgan fingerprint density at radius 2 is 1.85 bits per heavy atom. The number of rotatable bonds is 6. The van der Waals surface area contributed by atoms with Crippen molar-refractivity contribution in [2.45, 2.75) is 20.4 Å². The molecule has 1 saturated heterocycles. The number of benzene rings is 2. The van der Waals surface area contributed by atoms with Gasteiger partial charge in [0.15, 0.2) is 0 Å². The summed E-state index contributed by atoms with van der Waals surface area (Å²) in [6.07, 6.45) is 3.88. The van der Waals surface area contributed by atoms with Crippen molar-refractivity contribution in [2.75, 3.05) is 38.2 Å². The molecule has 1 aliphatic rings. The first kappa shape index (κ1) is 26.7. The van der Waals surface area contributed by atoms with Gasteiger partial charge in [0.2, 0.25) is 0 Å². The molecule has 6 rings (SSSR count). The molecule has 1 fully saturated rings. The molecule has 0 saturated carbocycles. The molecule has 5 aromatic rings. The number of anilines is 1. The van der Waals surface area contributed by atoms with Gasteiger partial charge in [0.25, 0.3) is 0 Å². The van der Waals surface area contributed by atoms with Gasteiger partial charge in [0.1, 0.15) is 17.2 Å². The molecule has 3 aromatic heterocycles. The lowest BCUT2D eigenvalue weighted by Gasteiger charge is -2.30. The van der Waals surface area contributed by atoms with Crippen LogP contribution in [0.15, 0.2) is 60.9 Å². The molecule has 0 unspecified atom stereocenters. The monoisotopic (exact) mass is 546 g/mol. The van der Waals surface area contributed by atoms with Gasteiger partial charge in [0.05, 0.1) is 19.3 Å². The Labute approximate surface area is 233 Å². The molecular formula is C30H32ClFN6O. The summed E-state index contributed by atoms with van der Waals surface area (Å²) in [4.78, 5) is 10.4. The quantitative estimate of drug-likeness (QED) is 0.284. The van der Waals surface area contributed by atoms with Gasteiger partial charge in [-0.3, -0.25) is 4.68 Å². The summed E-state index contributed by atoms with van der Waals surface area (Å²) in [5.41, 5.74) is 8.91. The van der Waals surface area contributed by atoms with E-state index in [9.17, 15) is 4.39 Å². The summed E-state index contributed by atoms with van der Waals surface area (Å²) in [7, 11) is 1.72. The van der Waals surface area contributed by atoms with Gasteiger partial charge in [-0.1, -0.05) is 12.1 Å². The molecule has 39 heavy (non-hydrogen) atoms.